The normalized spacial score (nSPS) is 14.9. The van der Waals surface area contributed by atoms with Gasteiger partial charge < -0.3 is 15.4 Å². The van der Waals surface area contributed by atoms with Crippen molar-refractivity contribution in [2.45, 2.75) is 26.3 Å². The van der Waals surface area contributed by atoms with Gasteiger partial charge in [0.05, 0.1) is 12.2 Å². The van der Waals surface area contributed by atoms with Crippen molar-refractivity contribution in [1.82, 2.24) is 10.2 Å². The Bertz CT molecular complexity index is 866. The molecule has 7 heteroatoms. The van der Waals surface area contributed by atoms with Crippen LogP contribution >= 0.6 is 11.6 Å². The van der Waals surface area contributed by atoms with Crippen LogP contribution in [0.3, 0.4) is 0 Å². The van der Waals surface area contributed by atoms with E-state index >= 15 is 0 Å². The van der Waals surface area contributed by atoms with Crippen molar-refractivity contribution >= 4 is 29.3 Å². The number of nitrogens with zero attached hydrogens (tertiary/aromatic N) is 1. The second-order valence-corrected chi connectivity index (χ2v) is 7.85. The maximum atomic E-state index is 12.2. The first-order valence-electron chi connectivity index (χ1n) is 10.3. The van der Waals surface area contributed by atoms with Crippen molar-refractivity contribution in [3.05, 3.63) is 64.7 Å². The molecule has 0 spiro atoms. The highest BCUT2D eigenvalue weighted by Gasteiger charge is 2.20. The summed E-state index contributed by atoms with van der Waals surface area (Å²) in [5, 5.41) is 6.54. The zero-order valence-electron chi connectivity index (χ0n) is 17.2. The van der Waals surface area contributed by atoms with E-state index < -0.39 is 5.97 Å². The van der Waals surface area contributed by atoms with Crippen molar-refractivity contribution in [1.29, 1.82) is 0 Å². The Kier molecular flexibility index (Phi) is 8.11. The summed E-state index contributed by atoms with van der Waals surface area (Å²) < 4.78 is 4.99. The predicted octanol–water partition coefficient (Wildman–Crippen LogP) is 4.55. The number of piperidine rings is 1. The second kappa shape index (κ2) is 11.0. The van der Waals surface area contributed by atoms with Gasteiger partial charge in [0.25, 0.3) is 0 Å². The average molecular weight is 430 g/mol. The number of carbonyl (C=O) groups is 2. The zero-order valence-corrected chi connectivity index (χ0v) is 18.0. The van der Waals surface area contributed by atoms with Gasteiger partial charge in [-0.25, -0.2) is 9.59 Å². The molecule has 0 atom stereocenters. The van der Waals surface area contributed by atoms with E-state index in [-0.39, 0.29) is 6.03 Å². The van der Waals surface area contributed by atoms with Gasteiger partial charge in [-0.1, -0.05) is 35.9 Å². The molecule has 6 nitrogen and oxygen atoms in total. The Morgan fingerprint density at radius 1 is 1.13 bits per heavy atom. The molecule has 0 aromatic heterocycles. The molecule has 0 unspecified atom stereocenters. The number of hydrogen-bond acceptors (Lipinski definition) is 4. The van der Waals surface area contributed by atoms with E-state index in [4.69, 9.17) is 16.3 Å². The van der Waals surface area contributed by atoms with Crippen LogP contribution < -0.4 is 10.6 Å². The molecular formula is C23H28ClN3O3. The van der Waals surface area contributed by atoms with E-state index in [0.29, 0.717) is 30.3 Å². The van der Waals surface area contributed by atoms with Crippen LogP contribution in [0.4, 0.5) is 10.5 Å². The molecule has 1 aliphatic heterocycles. The van der Waals surface area contributed by atoms with Gasteiger partial charge in [0.2, 0.25) is 0 Å². The van der Waals surface area contributed by atoms with Crippen LogP contribution in [-0.4, -0.2) is 43.1 Å². The monoisotopic (exact) mass is 429 g/mol. The van der Waals surface area contributed by atoms with E-state index in [0.717, 1.165) is 43.1 Å². The molecule has 30 heavy (non-hydrogen) atoms. The van der Waals surface area contributed by atoms with Crippen molar-refractivity contribution in [2.24, 2.45) is 5.92 Å². The summed E-state index contributed by atoms with van der Waals surface area (Å²) in [6, 6.07) is 14.4. The number of ether oxygens (including phenoxy) is 1. The minimum Gasteiger partial charge on any atom is -0.462 e. The lowest BCUT2D eigenvalue weighted by Crippen LogP contribution is -2.39. The molecule has 0 radical (unpaired) electrons. The Balaban J connectivity index is 1.40. The molecule has 1 aliphatic rings. The third-order valence-corrected chi connectivity index (χ3v) is 5.61. The van der Waals surface area contributed by atoms with Crippen LogP contribution in [0.2, 0.25) is 5.02 Å². The van der Waals surface area contributed by atoms with E-state index in [1.807, 2.05) is 18.2 Å². The van der Waals surface area contributed by atoms with Crippen molar-refractivity contribution in [2.75, 3.05) is 31.6 Å². The van der Waals surface area contributed by atoms with Crippen molar-refractivity contribution in [3.8, 4) is 0 Å². The number of anilines is 1. The fourth-order valence-corrected chi connectivity index (χ4v) is 3.76. The number of esters is 1. The third-order valence-electron chi connectivity index (χ3n) is 5.24. The molecule has 0 saturated carbocycles. The van der Waals surface area contributed by atoms with Gasteiger partial charge in [0.1, 0.15) is 0 Å². The van der Waals surface area contributed by atoms with Gasteiger partial charge in [-0.15, -0.1) is 0 Å². The Labute approximate surface area is 182 Å². The number of amides is 2. The number of carbonyl (C=O) groups excluding carboxylic acids is 2. The van der Waals surface area contributed by atoms with Crippen LogP contribution in [-0.2, 0) is 11.3 Å². The van der Waals surface area contributed by atoms with E-state index in [2.05, 4.69) is 21.6 Å². The predicted molar refractivity (Wildman–Crippen MR) is 119 cm³/mol. The molecule has 1 saturated heterocycles. The van der Waals surface area contributed by atoms with Crippen LogP contribution in [0.5, 0.6) is 0 Å². The summed E-state index contributed by atoms with van der Waals surface area (Å²) in [5.41, 5.74) is 2.13. The average Bonchev–Trinajstić information content (AvgIpc) is 2.75. The number of benzene rings is 2. The number of hydrogen-bond donors (Lipinski definition) is 2. The van der Waals surface area contributed by atoms with Crippen LogP contribution in [0.1, 0.15) is 35.7 Å². The molecule has 1 heterocycles. The zero-order chi connectivity index (χ0) is 21.3. The lowest BCUT2D eigenvalue weighted by Gasteiger charge is -2.32. The first-order chi connectivity index (χ1) is 14.5. The summed E-state index contributed by atoms with van der Waals surface area (Å²) in [7, 11) is 0. The van der Waals surface area contributed by atoms with Crippen LogP contribution in [0.25, 0.3) is 0 Å². The fraction of sp³-hybridized carbons (Fsp3) is 0.391. The molecule has 1 fully saturated rings. The fourth-order valence-electron chi connectivity index (χ4n) is 3.57. The van der Waals surface area contributed by atoms with Gasteiger partial charge >= 0.3 is 12.0 Å². The standard InChI is InChI=1S/C23H28ClN3O3/c1-2-30-22(28)18-7-5-8-20(14-18)26-23(29)25-15-17-10-12-27(13-11-17)16-19-6-3-4-9-21(19)24/h3-9,14,17H,2,10-13,15-16H2,1H3,(H2,25,26,29). The van der Waals surface area contributed by atoms with Gasteiger partial charge in [-0.3, -0.25) is 4.90 Å². The van der Waals surface area contributed by atoms with Crippen LogP contribution in [0.15, 0.2) is 48.5 Å². The number of halogens is 1. The molecule has 2 aromatic carbocycles. The van der Waals surface area contributed by atoms with Gasteiger partial charge in [-0.2, -0.15) is 0 Å². The summed E-state index contributed by atoms with van der Waals surface area (Å²) >= 11 is 6.26. The minimum absolute atomic E-state index is 0.269. The Morgan fingerprint density at radius 2 is 1.90 bits per heavy atom. The Morgan fingerprint density at radius 3 is 2.63 bits per heavy atom. The lowest BCUT2D eigenvalue weighted by molar-refractivity contribution is 0.0526. The van der Waals surface area contributed by atoms with E-state index in [1.165, 1.54) is 0 Å². The summed E-state index contributed by atoms with van der Waals surface area (Å²) in [6.07, 6.45) is 2.06. The Hall–Kier alpha value is -2.57. The van der Waals surface area contributed by atoms with Crippen molar-refractivity contribution in [3.63, 3.8) is 0 Å². The minimum atomic E-state index is -0.398. The van der Waals surface area contributed by atoms with E-state index in [1.54, 1.807) is 31.2 Å². The first kappa shape index (κ1) is 22.1. The number of nitrogens with one attached hydrogen (secondary N) is 2. The molecule has 160 valence electrons. The molecule has 0 bridgehead atoms. The maximum absolute atomic E-state index is 12.2. The SMILES string of the molecule is CCOC(=O)c1cccc(NC(=O)NCC2CCN(Cc3ccccc3Cl)CC2)c1. The highest BCUT2D eigenvalue weighted by Crippen LogP contribution is 2.22. The maximum Gasteiger partial charge on any atom is 0.338 e. The quantitative estimate of drug-likeness (QED) is 0.633. The molecule has 2 N–H and O–H groups in total. The molecule has 2 amide bonds. The molecule has 2 aromatic rings. The number of rotatable bonds is 7. The number of urea groups is 1. The summed E-state index contributed by atoms with van der Waals surface area (Å²) in [4.78, 5) is 26.5. The highest BCUT2D eigenvalue weighted by atomic mass is 35.5. The van der Waals surface area contributed by atoms with Gasteiger partial charge in [0.15, 0.2) is 0 Å². The van der Waals surface area contributed by atoms with Gasteiger partial charge in [-0.05, 0) is 68.6 Å². The molecular weight excluding hydrogens is 402 g/mol. The first-order valence-corrected chi connectivity index (χ1v) is 10.7. The highest BCUT2D eigenvalue weighted by molar-refractivity contribution is 6.31. The topological polar surface area (TPSA) is 70.7 Å². The van der Waals surface area contributed by atoms with E-state index in [9.17, 15) is 9.59 Å². The summed E-state index contributed by atoms with van der Waals surface area (Å²) in [6.45, 7) is 5.53. The van der Waals surface area contributed by atoms with Crippen LogP contribution in [0, 0.1) is 5.92 Å². The third kappa shape index (κ3) is 6.47. The van der Waals surface area contributed by atoms with Gasteiger partial charge in [0, 0.05) is 23.8 Å². The smallest absolute Gasteiger partial charge is 0.338 e. The van der Waals surface area contributed by atoms with Crippen molar-refractivity contribution < 1.29 is 14.3 Å². The lowest BCUT2D eigenvalue weighted by atomic mass is 9.96. The molecule has 3 rings (SSSR count). The number of likely N-dealkylation sites (tertiary alicyclic amines) is 1. The second-order valence-electron chi connectivity index (χ2n) is 7.45. The molecule has 0 aliphatic carbocycles. The summed E-state index contributed by atoms with van der Waals surface area (Å²) in [5.74, 6) is 0.0502. The largest absolute Gasteiger partial charge is 0.462 e.